The van der Waals surface area contributed by atoms with Crippen LogP contribution in [0.5, 0.6) is 0 Å². The summed E-state index contributed by atoms with van der Waals surface area (Å²) in [6, 6.07) is 5.95. The van der Waals surface area contributed by atoms with E-state index in [-0.39, 0.29) is 5.82 Å². The van der Waals surface area contributed by atoms with Crippen molar-refractivity contribution in [1.29, 1.82) is 0 Å². The van der Waals surface area contributed by atoms with Gasteiger partial charge in [-0.15, -0.1) is 0 Å². The van der Waals surface area contributed by atoms with E-state index in [0.717, 1.165) is 17.5 Å². The van der Waals surface area contributed by atoms with Crippen LogP contribution in [0, 0.1) is 24.6 Å². The van der Waals surface area contributed by atoms with Crippen LogP contribution in [0.2, 0.25) is 0 Å². The topological polar surface area (TPSA) is 12.0 Å². The molecule has 18 heavy (non-hydrogen) atoms. The molecule has 0 heterocycles. The zero-order chi connectivity index (χ0) is 13.1. The molecule has 2 heteroatoms. The first-order valence-electron chi connectivity index (χ1n) is 7.09. The van der Waals surface area contributed by atoms with Gasteiger partial charge in [-0.2, -0.15) is 0 Å². The molecule has 1 aliphatic rings. The van der Waals surface area contributed by atoms with E-state index in [1.807, 2.05) is 12.1 Å². The maximum absolute atomic E-state index is 13.5. The van der Waals surface area contributed by atoms with Crippen LogP contribution in [0.3, 0.4) is 0 Å². The lowest BCUT2D eigenvalue weighted by Crippen LogP contribution is -2.27. The van der Waals surface area contributed by atoms with E-state index < -0.39 is 0 Å². The van der Waals surface area contributed by atoms with Crippen LogP contribution in [0.15, 0.2) is 18.2 Å². The van der Waals surface area contributed by atoms with Gasteiger partial charge in [0.15, 0.2) is 0 Å². The molecule has 1 saturated carbocycles. The van der Waals surface area contributed by atoms with Crippen molar-refractivity contribution in [2.24, 2.45) is 11.8 Å². The van der Waals surface area contributed by atoms with E-state index in [1.165, 1.54) is 25.7 Å². The monoisotopic (exact) mass is 249 g/mol. The highest BCUT2D eigenvalue weighted by Gasteiger charge is 2.23. The average Bonchev–Trinajstić information content (AvgIpc) is 2.34. The molecule has 0 spiro atoms. The van der Waals surface area contributed by atoms with Crippen molar-refractivity contribution < 1.29 is 4.39 Å². The maximum atomic E-state index is 13.5. The maximum Gasteiger partial charge on any atom is 0.128 e. The lowest BCUT2D eigenvalue weighted by Gasteiger charge is -2.31. The number of benzene rings is 1. The van der Waals surface area contributed by atoms with Gasteiger partial charge in [-0.25, -0.2) is 4.39 Å². The summed E-state index contributed by atoms with van der Waals surface area (Å²) in [6.07, 6.45) is 5.00. The largest absolute Gasteiger partial charge is 0.382 e. The number of hydrogen-bond acceptors (Lipinski definition) is 1. The van der Waals surface area contributed by atoms with E-state index in [0.29, 0.717) is 11.6 Å². The number of halogens is 1. The van der Waals surface area contributed by atoms with Crippen molar-refractivity contribution in [3.8, 4) is 0 Å². The first-order valence-corrected chi connectivity index (χ1v) is 7.09. The lowest BCUT2D eigenvalue weighted by atomic mass is 9.79. The summed E-state index contributed by atoms with van der Waals surface area (Å²) in [6.45, 7) is 6.43. The van der Waals surface area contributed by atoms with Crippen LogP contribution in [0.1, 0.15) is 45.1 Å². The standard InChI is InChI=1S/C16H24FN/c1-11(2)13-5-8-14(9-6-13)18-15-7-4-12(3)16(17)10-15/h4,7,10-11,13-14,18H,5-6,8-9H2,1-3H3. The average molecular weight is 249 g/mol. The van der Waals surface area contributed by atoms with Gasteiger partial charge in [0, 0.05) is 11.7 Å². The predicted molar refractivity (Wildman–Crippen MR) is 75.3 cm³/mol. The fraction of sp³-hybridized carbons (Fsp3) is 0.625. The van der Waals surface area contributed by atoms with E-state index in [9.17, 15) is 4.39 Å². The number of nitrogens with one attached hydrogen (secondary N) is 1. The summed E-state index contributed by atoms with van der Waals surface area (Å²) in [4.78, 5) is 0. The molecular weight excluding hydrogens is 225 g/mol. The lowest BCUT2D eigenvalue weighted by molar-refractivity contribution is 0.267. The van der Waals surface area contributed by atoms with Crippen molar-refractivity contribution >= 4 is 5.69 Å². The molecule has 0 aliphatic heterocycles. The molecule has 0 amide bonds. The Labute approximate surface area is 110 Å². The Morgan fingerprint density at radius 1 is 1.17 bits per heavy atom. The summed E-state index contributed by atoms with van der Waals surface area (Å²) in [5, 5.41) is 3.47. The number of aryl methyl sites for hydroxylation is 1. The SMILES string of the molecule is Cc1ccc(NC2CCC(C(C)C)CC2)cc1F. The zero-order valence-corrected chi connectivity index (χ0v) is 11.7. The molecule has 0 bridgehead atoms. The summed E-state index contributed by atoms with van der Waals surface area (Å²) < 4.78 is 13.5. The fourth-order valence-corrected chi connectivity index (χ4v) is 2.85. The number of rotatable bonds is 3. The van der Waals surface area contributed by atoms with Crippen molar-refractivity contribution in [2.75, 3.05) is 5.32 Å². The third-order valence-electron chi connectivity index (χ3n) is 4.26. The van der Waals surface area contributed by atoms with Gasteiger partial charge in [0.25, 0.3) is 0 Å². The second kappa shape index (κ2) is 5.73. The molecule has 1 aromatic carbocycles. The molecule has 0 aromatic heterocycles. The summed E-state index contributed by atoms with van der Waals surface area (Å²) >= 11 is 0. The molecule has 0 unspecified atom stereocenters. The Hall–Kier alpha value is -1.05. The van der Waals surface area contributed by atoms with Gasteiger partial charge in [-0.3, -0.25) is 0 Å². The van der Waals surface area contributed by atoms with Crippen molar-refractivity contribution in [2.45, 2.75) is 52.5 Å². The third kappa shape index (κ3) is 3.24. The van der Waals surface area contributed by atoms with E-state index in [4.69, 9.17) is 0 Å². The van der Waals surface area contributed by atoms with Gasteiger partial charge >= 0.3 is 0 Å². The van der Waals surface area contributed by atoms with Crippen molar-refractivity contribution in [3.63, 3.8) is 0 Å². The molecular formula is C16H24FN. The van der Waals surface area contributed by atoms with Crippen LogP contribution in [-0.2, 0) is 0 Å². The predicted octanol–water partition coefficient (Wildman–Crippen LogP) is 4.76. The Kier molecular flexibility index (Phi) is 4.26. The summed E-state index contributed by atoms with van der Waals surface area (Å²) in [5.41, 5.74) is 1.63. The van der Waals surface area contributed by atoms with Crippen LogP contribution in [-0.4, -0.2) is 6.04 Å². The highest BCUT2D eigenvalue weighted by Crippen LogP contribution is 2.31. The van der Waals surface area contributed by atoms with E-state index >= 15 is 0 Å². The molecule has 1 N–H and O–H groups in total. The van der Waals surface area contributed by atoms with Crippen LogP contribution in [0.25, 0.3) is 0 Å². The zero-order valence-electron chi connectivity index (χ0n) is 11.7. The molecule has 1 nitrogen and oxygen atoms in total. The molecule has 0 saturated heterocycles. The molecule has 2 rings (SSSR count). The first-order chi connectivity index (χ1) is 8.56. The van der Waals surface area contributed by atoms with Crippen molar-refractivity contribution in [3.05, 3.63) is 29.6 Å². The Balaban J connectivity index is 1.89. The van der Waals surface area contributed by atoms with E-state index in [2.05, 4.69) is 19.2 Å². The quantitative estimate of drug-likeness (QED) is 0.814. The minimum atomic E-state index is -0.115. The number of hydrogen-bond donors (Lipinski definition) is 1. The smallest absolute Gasteiger partial charge is 0.128 e. The second-order valence-corrected chi connectivity index (χ2v) is 5.96. The third-order valence-corrected chi connectivity index (χ3v) is 4.26. The van der Waals surface area contributed by atoms with Gasteiger partial charge in [-0.05, 0) is 62.1 Å². The molecule has 1 aliphatic carbocycles. The normalized spacial score (nSPS) is 24.3. The van der Waals surface area contributed by atoms with Crippen molar-refractivity contribution in [1.82, 2.24) is 0 Å². The molecule has 1 aromatic rings. The van der Waals surface area contributed by atoms with Crippen LogP contribution < -0.4 is 5.32 Å². The van der Waals surface area contributed by atoms with Gasteiger partial charge in [0.1, 0.15) is 5.82 Å². The Morgan fingerprint density at radius 3 is 2.39 bits per heavy atom. The molecule has 100 valence electrons. The highest BCUT2D eigenvalue weighted by atomic mass is 19.1. The highest BCUT2D eigenvalue weighted by molar-refractivity contribution is 5.46. The fourth-order valence-electron chi connectivity index (χ4n) is 2.85. The van der Waals surface area contributed by atoms with Gasteiger partial charge in [-0.1, -0.05) is 19.9 Å². The minimum Gasteiger partial charge on any atom is -0.382 e. The summed E-state index contributed by atoms with van der Waals surface area (Å²) in [5.74, 6) is 1.55. The Morgan fingerprint density at radius 2 is 1.83 bits per heavy atom. The minimum absolute atomic E-state index is 0.115. The molecule has 0 radical (unpaired) electrons. The first kappa shape index (κ1) is 13.4. The van der Waals surface area contributed by atoms with Crippen LogP contribution >= 0.6 is 0 Å². The molecule has 0 atom stereocenters. The van der Waals surface area contributed by atoms with Crippen LogP contribution in [0.4, 0.5) is 10.1 Å². The van der Waals surface area contributed by atoms with E-state index in [1.54, 1.807) is 13.0 Å². The molecule has 1 fully saturated rings. The van der Waals surface area contributed by atoms with Gasteiger partial charge in [0.2, 0.25) is 0 Å². The Bertz CT molecular complexity index is 392. The van der Waals surface area contributed by atoms with Gasteiger partial charge < -0.3 is 5.32 Å². The second-order valence-electron chi connectivity index (χ2n) is 5.96. The summed E-state index contributed by atoms with van der Waals surface area (Å²) in [7, 11) is 0. The van der Waals surface area contributed by atoms with Gasteiger partial charge in [0.05, 0.1) is 0 Å². The number of anilines is 1.